The highest BCUT2D eigenvalue weighted by Gasteiger charge is 2.17. The Labute approximate surface area is 183 Å². The molecule has 0 radical (unpaired) electrons. The number of sulfone groups is 1. The van der Waals surface area contributed by atoms with Gasteiger partial charge < -0.3 is 4.74 Å². The standard InChI is InChI=1S/C22H19N3O4S2/c1-29-18-8-4-7-17(13-18)21(26)23-22-25-24-20(30-22)11-12-31(27,28)19-10-9-15-5-2-3-6-16(15)14-19/h2-10,13-14H,11-12H2,1H3,(H,23,25,26). The fourth-order valence-electron chi connectivity index (χ4n) is 3.04. The minimum atomic E-state index is -3.48. The SMILES string of the molecule is COc1cccc(C(=O)Nc2nnc(CCS(=O)(=O)c3ccc4ccccc4c3)s2)c1. The van der Waals surface area contributed by atoms with Crippen molar-refractivity contribution >= 4 is 43.0 Å². The molecule has 0 spiro atoms. The van der Waals surface area contributed by atoms with E-state index in [2.05, 4.69) is 15.5 Å². The molecule has 0 saturated carbocycles. The molecule has 1 N–H and O–H groups in total. The highest BCUT2D eigenvalue weighted by atomic mass is 32.2. The number of hydrogen-bond acceptors (Lipinski definition) is 7. The Morgan fingerprint density at radius 2 is 1.81 bits per heavy atom. The second kappa shape index (κ2) is 8.83. The van der Waals surface area contributed by atoms with Gasteiger partial charge in [0.15, 0.2) is 9.84 Å². The summed E-state index contributed by atoms with van der Waals surface area (Å²) in [7, 11) is -1.95. The number of ether oxygens (including phenoxy) is 1. The van der Waals surface area contributed by atoms with E-state index in [1.54, 1.807) is 42.5 Å². The van der Waals surface area contributed by atoms with Crippen molar-refractivity contribution in [1.82, 2.24) is 10.2 Å². The first-order valence-corrected chi connectivity index (χ1v) is 11.9. The van der Waals surface area contributed by atoms with Crippen LogP contribution in [0.4, 0.5) is 5.13 Å². The molecule has 7 nitrogen and oxygen atoms in total. The summed E-state index contributed by atoms with van der Waals surface area (Å²) in [5.74, 6) is 0.138. The van der Waals surface area contributed by atoms with Crippen molar-refractivity contribution in [3.8, 4) is 5.75 Å². The molecule has 0 saturated heterocycles. The molecule has 0 aliphatic rings. The molecule has 158 valence electrons. The average Bonchev–Trinajstić information content (AvgIpc) is 3.24. The summed E-state index contributed by atoms with van der Waals surface area (Å²) in [5.41, 5.74) is 0.426. The largest absolute Gasteiger partial charge is 0.497 e. The smallest absolute Gasteiger partial charge is 0.257 e. The van der Waals surface area contributed by atoms with Crippen LogP contribution >= 0.6 is 11.3 Å². The first-order valence-electron chi connectivity index (χ1n) is 9.44. The van der Waals surface area contributed by atoms with Gasteiger partial charge in [-0.05, 0) is 41.1 Å². The number of aryl methyl sites for hydroxylation is 1. The van der Waals surface area contributed by atoms with Crippen molar-refractivity contribution in [3.63, 3.8) is 0 Å². The molecule has 3 aromatic carbocycles. The van der Waals surface area contributed by atoms with E-state index in [-0.39, 0.29) is 23.0 Å². The van der Waals surface area contributed by atoms with E-state index in [9.17, 15) is 13.2 Å². The van der Waals surface area contributed by atoms with E-state index in [0.29, 0.717) is 21.5 Å². The van der Waals surface area contributed by atoms with Crippen LogP contribution < -0.4 is 10.1 Å². The number of methoxy groups -OCH3 is 1. The number of benzene rings is 3. The van der Waals surface area contributed by atoms with Gasteiger partial charge in [-0.3, -0.25) is 10.1 Å². The summed E-state index contributed by atoms with van der Waals surface area (Å²) in [6, 6.07) is 19.5. The molecule has 0 bridgehead atoms. The van der Waals surface area contributed by atoms with Gasteiger partial charge in [0.05, 0.1) is 17.8 Å². The van der Waals surface area contributed by atoms with Gasteiger partial charge in [-0.15, -0.1) is 10.2 Å². The lowest BCUT2D eigenvalue weighted by Crippen LogP contribution is -2.11. The van der Waals surface area contributed by atoms with Gasteiger partial charge in [0.2, 0.25) is 5.13 Å². The van der Waals surface area contributed by atoms with Gasteiger partial charge in [-0.2, -0.15) is 0 Å². The lowest BCUT2D eigenvalue weighted by atomic mass is 10.1. The molecule has 0 aliphatic carbocycles. The lowest BCUT2D eigenvalue weighted by Gasteiger charge is -2.05. The second-order valence-corrected chi connectivity index (χ2v) is 9.94. The lowest BCUT2D eigenvalue weighted by molar-refractivity contribution is 0.102. The molecule has 1 amide bonds. The minimum absolute atomic E-state index is 0.0934. The van der Waals surface area contributed by atoms with Crippen molar-refractivity contribution in [3.05, 3.63) is 77.3 Å². The van der Waals surface area contributed by atoms with Crippen molar-refractivity contribution in [1.29, 1.82) is 0 Å². The molecule has 1 aromatic heterocycles. The Bertz CT molecular complexity index is 1350. The van der Waals surface area contributed by atoms with Crippen LogP contribution in [0.1, 0.15) is 15.4 Å². The van der Waals surface area contributed by atoms with Crippen LogP contribution in [-0.4, -0.2) is 37.4 Å². The number of carbonyl (C=O) groups is 1. The van der Waals surface area contributed by atoms with Crippen LogP contribution in [0.15, 0.2) is 71.6 Å². The van der Waals surface area contributed by atoms with E-state index in [4.69, 9.17) is 4.74 Å². The maximum Gasteiger partial charge on any atom is 0.257 e. The zero-order valence-corrected chi connectivity index (χ0v) is 18.2. The summed E-state index contributed by atoms with van der Waals surface area (Å²) in [6.45, 7) is 0. The molecular weight excluding hydrogens is 434 g/mol. The van der Waals surface area contributed by atoms with Crippen LogP contribution in [0.5, 0.6) is 5.75 Å². The third-order valence-corrected chi connectivity index (χ3v) is 7.30. The van der Waals surface area contributed by atoms with Gasteiger partial charge in [0.25, 0.3) is 5.91 Å². The van der Waals surface area contributed by atoms with Gasteiger partial charge in [0.1, 0.15) is 10.8 Å². The van der Waals surface area contributed by atoms with Gasteiger partial charge in [0, 0.05) is 12.0 Å². The third-order valence-electron chi connectivity index (χ3n) is 4.68. The Morgan fingerprint density at radius 3 is 2.61 bits per heavy atom. The quantitative estimate of drug-likeness (QED) is 0.455. The molecular formula is C22H19N3O4S2. The molecule has 9 heteroatoms. The minimum Gasteiger partial charge on any atom is -0.497 e. The summed E-state index contributed by atoms with van der Waals surface area (Å²) in [6.07, 6.45) is 0.210. The number of rotatable bonds is 7. The summed E-state index contributed by atoms with van der Waals surface area (Å²) in [5, 5.41) is 13.3. The highest BCUT2D eigenvalue weighted by molar-refractivity contribution is 7.91. The Balaban J connectivity index is 1.41. The van der Waals surface area contributed by atoms with E-state index >= 15 is 0 Å². The molecule has 0 atom stereocenters. The van der Waals surface area contributed by atoms with E-state index < -0.39 is 9.84 Å². The van der Waals surface area contributed by atoms with Gasteiger partial charge in [-0.1, -0.05) is 47.7 Å². The predicted octanol–water partition coefficient (Wildman–Crippen LogP) is 3.97. The summed E-state index contributed by atoms with van der Waals surface area (Å²) < 4.78 is 30.6. The zero-order valence-electron chi connectivity index (χ0n) is 16.6. The summed E-state index contributed by atoms with van der Waals surface area (Å²) >= 11 is 1.15. The van der Waals surface area contributed by atoms with Crippen molar-refractivity contribution in [2.45, 2.75) is 11.3 Å². The third kappa shape index (κ3) is 4.89. The van der Waals surface area contributed by atoms with Crippen LogP contribution in [0.3, 0.4) is 0 Å². The summed E-state index contributed by atoms with van der Waals surface area (Å²) in [4.78, 5) is 12.7. The fourth-order valence-corrected chi connectivity index (χ4v) is 5.18. The number of carbonyl (C=O) groups excluding carboxylic acids is 1. The molecule has 0 unspecified atom stereocenters. The number of nitrogens with zero attached hydrogens (tertiary/aromatic N) is 2. The number of amides is 1. The molecule has 4 rings (SSSR count). The maximum absolute atomic E-state index is 12.8. The average molecular weight is 454 g/mol. The molecule has 0 fully saturated rings. The van der Waals surface area contributed by atoms with Crippen LogP contribution in [0.2, 0.25) is 0 Å². The van der Waals surface area contributed by atoms with Crippen LogP contribution in [0.25, 0.3) is 10.8 Å². The fraction of sp³-hybridized carbons (Fsp3) is 0.136. The predicted molar refractivity (Wildman–Crippen MR) is 121 cm³/mol. The van der Waals surface area contributed by atoms with E-state index in [1.807, 2.05) is 24.3 Å². The Hall–Kier alpha value is -3.30. The van der Waals surface area contributed by atoms with E-state index in [0.717, 1.165) is 22.1 Å². The maximum atomic E-state index is 12.8. The number of fused-ring (bicyclic) bond motifs is 1. The number of hydrogen-bond donors (Lipinski definition) is 1. The molecule has 1 heterocycles. The first-order chi connectivity index (χ1) is 14.9. The molecule has 31 heavy (non-hydrogen) atoms. The zero-order chi connectivity index (χ0) is 21.8. The number of anilines is 1. The van der Waals surface area contributed by atoms with Gasteiger partial charge in [-0.25, -0.2) is 8.42 Å². The monoisotopic (exact) mass is 453 g/mol. The van der Waals surface area contributed by atoms with Crippen molar-refractivity contribution < 1.29 is 17.9 Å². The normalized spacial score (nSPS) is 11.4. The van der Waals surface area contributed by atoms with Gasteiger partial charge >= 0.3 is 0 Å². The highest BCUT2D eigenvalue weighted by Crippen LogP contribution is 2.22. The van der Waals surface area contributed by atoms with Crippen molar-refractivity contribution in [2.24, 2.45) is 0 Å². The van der Waals surface area contributed by atoms with Crippen LogP contribution in [0, 0.1) is 0 Å². The van der Waals surface area contributed by atoms with Crippen molar-refractivity contribution in [2.75, 3.05) is 18.2 Å². The van der Waals surface area contributed by atoms with E-state index in [1.165, 1.54) is 7.11 Å². The van der Waals surface area contributed by atoms with Crippen LogP contribution in [-0.2, 0) is 16.3 Å². The molecule has 4 aromatic rings. The topological polar surface area (TPSA) is 98.2 Å². The Kier molecular flexibility index (Phi) is 5.97. The number of aromatic nitrogens is 2. The second-order valence-electron chi connectivity index (χ2n) is 6.76. The first kappa shape index (κ1) is 21.0. The Morgan fingerprint density at radius 1 is 1.00 bits per heavy atom. The molecule has 0 aliphatic heterocycles. The number of nitrogens with one attached hydrogen (secondary N) is 1.